The Balaban J connectivity index is 1.94. The number of nitrogens with two attached hydrogens (primary N) is 1. The molecule has 0 bridgehead atoms. The number of hydrogen-bond acceptors (Lipinski definition) is 2. The van der Waals surface area contributed by atoms with E-state index in [1.54, 1.807) is 0 Å². The average Bonchev–Trinajstić information content (AvgIpc) is 3.00. The molecule has 106 valence electrons. The molecule has 1 unspecified atom stereocenters. The van der Waals surface area contributed by atoms with E-state index < -0.39 is 0 Å². The van der Waals surface area contributed by atoms with Gasteiger partial charge in [0.05, 0.1) is 6.54 Å². The van der Waals surface area contributed by atoms with Crippen LogP contribution in [-0.4, -0.2) is 18.5 Å². The molecule has 0 aromatic heterocycles. The zero-order valence-electron chi connectivity index (χ0n) is 12.0. The molecule has 2 rings (SSSR count). The van der Waals surface area contributed by atoms with Crippen molar-refractivity contribution >= 4 is 5.91 Å². The lowest BCUT2D eigenvalue weighted by Gasteiger charge is -2.20. The van der Waals surface area contributed by atoms with Crippen molar-refractivity contribution in [3.63, 3.8) is 0 Å². The van der Waals surface area contributed by atoms with Crippen LogP contribution in [0.4, 0.5) is 0 Å². The minimum absolute atomic E-state index is 0.00253. The smallest absolute Gasteiger partial charge is 0.251 e. The predicted molar refractivity (Wildman–Crippen MR) is 81.3 cm³/mol. The van der Waals surface area contributed by atoms with E-state index in [0.29, 0.717) is 18.0 Å². The summed E-state index contributed by atoms with van der Waals surface area (Å²) in [6.07, 6.45) is 5.04. The maximum absolute atomic E-state index is 12.2. The Kier molecular flexibility index (Phi) is 5.20. The SMILES string of the molecule is CC(NC(=O)c1ccc(C#CCN)cc1)C1CCCC1. The van der Waals surface area contributed by atoms with Gasteiger partial charge in [-0.25, -0.2) is 0 Å². The number of rotatable bonds is 3. The van der Waals surface area contributed by atoms with Gasteiger partial charge < -0.3 is 11.1 Å². The quantitative estimate of drug-likeness (QED) is 0.828. The van der Waals surface area contributed by atoms with Gasteiger partial charge in [-0.2, -0.15) is 0 Å². The summed E-state index contributed by atoms with van der Waals surface area (Å²) in [5, 5.41) is 3.11. The summed E-state index contributed by atoms with van der Waals surface area (Å²) in [6, 6.07) is 7.60. The van der Waals surface area contributed by atoms with Crippen molar-refractivity contribution in [2.45, 2.75) is 38.6 Å². The standard InChI is InChI=1S/C17H22N2O/c1-13(15-6-2-3-7-15)19-17(20)16-10-8-14(9-11-16)5-4-12-18/h8-11,13,15H,2-3,6-7,12,18H2,1H3,(H,19,20). The zero-order valence-corrected chi connectivity index (χ0v) is 12.0. The van der Waals surface area contributed by atoms with E-state index in [1.165, 1.54) is 25.7 Å². The highest BCUT2D eigenvalue weighted by molar-refractivity contribution is 5.94. The molecule has 0 saturated heterocycles. The van der Waals surface area contributed by atoms with Gasteiger partial charge in [-0.1, -0.05) is 24.7 Å². The molecule has 1 aliphatic carbocycles. The van der Waals surface area contributed by atoms with E-state index in [4.69, 9.17) is 5.73 Å². The molecule has 3 heteroatoms. The van der Waals surface area contributed by atoms with E-state index in [9.17, 15) is 4.79 Å². The van der Waals surface area contributed by atoms with Crippen LogP contribution in [-0.2, 0) is 0 Å². The number of benzene rings is 1. The summed E-state index contributed by atoms with van der Waals surface area (Å²) in [4.78, 5) is 12.2. The van der Waals surface area contributed by atoms with Crippen LogP contribution in [0.5, 0.6) is 0 Å². The van der Waals surface area contributed by atoms with Crippen molar-refractivity contribution in [1.29, 1.82) is 0 Å². The molecular weight excluding hydrogens is 248 g/mol. The summed E-state index contributed by atoms with van der Waals surface area (Å²) in [5.74, 6) is 6.38. The molecule has 0 heterocycles. The van der Waals surface area contributed by atoms with Crippen molar-refractivity contribution in [3.8, 4) is 11.8 Å². The minimum atomic E-state index is 0.00253. The number of amides is 1. The highest BCUT2D eigenvalue weighted by atomic mass is 16.1. The molecule has 1 aromatic carbocycles. The van der Waals surface area contributed by atoms with Crippen LogP contribution in [0, 0.1) is 17.8 Å². The van der Waals surface area contributed by atoms with E-state index in [2.05, 4.69) is 24.1 Å². The van der Waals surface area contributed by atoms with E-state index in [1.807, 2.05) is 24.3 Å². The van der Waals surface area contributed by atoms with E-state index in [-0.39, 0.29) is 11.9 Å². The Morgan fingerprint density at radius 1 is 1.35 bits per heavy atom. The first kappa shape index (κ1) is 14.6. The second-order valence-electron chi connectivity index (χ2n) is 5.39. The normalized spacial score (nSPS) is 16.3. The van der Waals surface area contributed by atoms with Crippen molar-refractivity contribution in [3.05, 3.63) is 35.4 Å². The molecule has 3 N–H and O–H groups in total. The lowest BCUT2D eigenvalue weighted by atomic mass is 9.99. The van der Waals surface area contributed by atoms with Crippen LogP contribution in [0.2, 0.25) is 0 Å². The van der Waals surface area contributed by atoms with Gasteiger partial charge >= 0.3 is 0 Å². The van der Waals surface area contributed by atoms with Crippen LogP contribution < -0.4 is 11.1 Å². The highest BCUT2D eigenvalue weighted by Crippen LogP contribution is 2.27. The molecule has 3 nitrogen and oxygen atoms in total. The summed E-state index contributed by atoms with van der Waals surface area (Å²) in [5.41, 5.74) is 6.90. The minimum Gasteiger partial charge on any atom is -0.349 e. The monoisotopic (exact) mass is 270 g/mol. The van der Waals surface area contributed by atoms with Crippen LogP contribution in [0.25, 0.3) is 0 Å². The van der Waals surface area contributed by atoms with Crippen molar-refractivity contribution < 1.29 is 4.79 Å². The molecule has 0 radical (unpaired) electrons. The Labute approximate surface area is 120 Å². The molecule has 20 heavy (non-hydrogen) atoms. The molecule has 0 aliphatic heterocycles. The Hall–Kier alpha value is -1.79. The number of carbonyl (C=O) groups excluding carboxylic acids is 1. The number of nitrogens with one attached hydrogen (secondary N) is 1. The maximum Gasteiger partial charge on any atom is 0.251 e. The number of hydrogen-bond donors (Lipinski definition) is 2. The van der Waals surface area contributed by atoms with Gasteiger partial charge in [0, 0.05) is 17.2 Å². The van der Waals surface area contributed by atoms with Gasteiger partial charge in [0.25, 0.3) is 5.91 Å². The van der Waals surface area contributed by atoms with E-state index in [0.717, 1.165) is 5.56 Å². The third-order valence-corrected chi connectivity index (χ3v) is 3.95. The molecule has 1 aliphatic rings. The number of carbonyl (C=O) groups is 1. The fourth-order valence-electron chi connectivity index (χ4n) is 2.72. The lowest BCUT2D eigenvalue weighted by Crippen LogP contribution is -2.37. The second-order valence-corrected chi connectivity index (χ2v) is 5.39. The van der Waals surface area contributed by atoms with Gasteiger partial charge in [0.2, 0.25) is 0 Å². The highest BCUT2D eigenvalue weighted by Gasteiger charge is 2.22. The average molecular weight is 270 g/mol. The molecule has 1 fully saturated rings. The van der Waals surface area contributed by atoms with Crippen molar-refractivity contribution in [2.75, 3.05) is 6.54 Å². The maximum atomic E-state index is 12.2. The third-order valence-electron chi connectivity index (χ3n) is 3.95. The Morgan fingerprint density at radius 2 is 2.00 bits per heavy atom. The molecule has 1 aromatic rings. The summed E-state index contributed by atoms with van der Waals surface area (Å²) in [7, 11) is 0. The summed E-state index contributed by atoms with van der Waals surface area (Å²) < 4.78 is 0. The first-order chi connectivity index (χ1) is 9.70. The van der Waals surface area contributed by atoms with Crippen LogP contribution in [0.3, 0.4) is 0 Å². The molecule has 0 spiro atoms. The second kappa shape index (κ2) is 7.12. The molecule has 1 saturated carbocycles. The Morgan fingerprint density at radius 3 is 2.60 bits per heavy atom. The summed E-state index contributed by atoms with van der Waals surface area (Å²) in [6.45, 7) is 2.45. The van der Waals surface area contributed by atoms with Gasteiger partial charge in [-0.3, -0.25) is 4.79 Å². The van der Waals surface area contributed by atoms with Crippen LogP contribution in [0.15, 0.2) is 24.3 Å². The summed E-state index contributed by atoms with van der Waals surface area (Å²) >= 11 is 0. The van der Waals surface area contributed by atoms with Gasteiger partial charge in [0.15, 0.2) is 0 Å². The fraction of sp³-hybridized carbons (Fsp3) is 0.471. The first-order valence-corrected chi connectivity index (χ1v) is 7.30. The van der Waals surface area contributed by atoms with Gasteiger partial charge in [-0.15, -0.1) is 0 Å². The lowest BCUT2D eigenvalue weighted by molar-refractivity contribution is 0.0927. The fourth-order valence-corrected chi connectivity index (χ4v) is 2.72. The van der Waals surface area contributed by atoms with E-state index >= 15 is 0 Å². The molecular formula is C17H22N2O. The third kappa shape index (κ3) is 3.85. The Bertz CT molecular complexity index is 504. The van der Waals surface area contributed by atoms with Gasteiger partial charge in [0.1, 0.15) is 0 Å². The van der Waals surface area contributed by atoms with Crippen molar-refractivity contribution in [2.24, 2.45) is 11.7 Å². The largest absolute Gasteiger partial charge is 0.349 e. The molecule has 1 atom stereocenters. The first-order valence-electron chi connectivity index (χ1n) is 7.30. The van der Waals surface area contributed by atoms with Gasteiger partial charge in [-0.05, 0) is 49.9 Å². The predicted octanol–water partition coefficient (Wildman–Crippen LogP) is 2.31. The van der Waals surface area contributed by atoms with Crippen LogP contribution in [0.1, 0.15) is 48.5 Å². The molecule has 1 amide bonds. The topological polar surface area (TPSA) is 55.1 Å². The zero-order chi connectivity index (χ0) is 14.4. The van der Waals surface area contributed by atoms with Crippen molar-refractivity contribution in [1.82, 2.24) is 5.32 Å². The van der Waals surface area contributed by atoms with Crippen LogP contribution >= 0.6 is 0 Å².